The second kappa shape index (κ2) is 15.5. The first-order valence-electron chi connectivity index (χ1n) is 14.5. The molecule has 1 amide bonds. The maximum atomic E-state index is 12.6. The molecule has 2 rings (SSSR count). The lowest BCUT2D eigenvalue weighted by atomic mass is 9.71. The minimum atomic E-state index is -0.0284. The van der Waals surface area contributed by atoms with E-state index in [4.69, 9.17) is 0 Å². The van der Waals surface area contributed by atoms with Gasteiger partial charge in [0, 0.05) is 24.5 Å². The molecule has 0 radical (unpaired) electrons. The third kappa shape index (κ3) is 10.2. The number of hydrogen-bond acceptors (Lipinski definition) is 2. The van der Waals surface area contributed by atoms with Crippen LogP contribution >= 0.6 is 0 Å². The molecule has 1 aromatic rings. The minimum absolute atomic E-state index is 0.0284. The van der Waals surface area contributed by atoms with Crippen LogP contribution in [0.4, 0.5) is 0 Å². The Labute approximate surface area is 238 Å². The molecule has 212 valence electrons. The Hall–Kier alpha value is -3.10. The van der Waals surface area contributed by atoms with E-state index in [1.54, 1.807) is 6.08 Å². The van der Waals surface area contributed by atoms with E-state index in [0.717, 1.165) is 37.7 Å². The molecule has 0 saturated carbocycles. The smallest absolute Gasteiger partial charge is 0.244 e. The summed E-state index contributed by atoms with van der Waals surface area (Å²) in [5.74, 6) is 0.958. The number of nitrogens with one attached hydrogen (secondary N) is 1. The van der Waals surface area contributed by atoms with Gasteiger partial charge in [-0.2, -0.15) is 0 Å². The van der Waals surface area contributed by atoms with Gasteiger partial charge in [-0.25, -0.2) is 4.98 Å². The zero-order valence-electron chi connectivity index (χ0n) is 25.6. The van der Waals surface area contributed by atoms with Crippen LogP contribution < -0.4 is 5.32 Å². The third-order valence-corrected chi connectivity index (χ3v) is 8.05. The monoisotopic (exact) mass is 529 g/mol. The van der Waals surface area contributed by atoms with Crippen molar-refractivity contribution in [1.29, 1.82) is 0 Å². The van der Waals surface area contributed by atoms with Crippen LogP contribution in [0, 0.1) is 17.3 Å². The first-order chi connectivity index (χ1) is 18.5. The molecule has 0 bridgehead atoms. The summed E-state index contributed by atoms with van der Waals surface area (Å²) in [5.41, 5.74) is 8.00. The quantitative estimate of drug-likeness (QED) is 0.158. The molecule has 3 atom stereocenters. The lowest BCUT2D eigenvalue weighted by Gasteiger charge is -2.37. The second-order valence-corrected chi connectivity index (χ2v) is 12.0. The SMILES string of the molecule is C=C=C[C@H](CCC(CC)NC(=O)/C=C(C)/C=C/C=C(C)/C=C/C1=C(C)C(n2ccnc2)CCC1(C)C)C(C)C. The Morgan fingerprint density at radius 2 is 2.00 bits per heavy atom. The molecule has 39 heavy (non-hydrogen) atoms. The van der Waals surface area contributed by atoms with E-state index < -0.39 is 0 Å². The third-order valence-electron chi connectivity index (χ3n) is 8.05. The van der Waals surface area contributed by atoms with E-state index in [1.165, 1.54) is 16.7 Å². The van der Waals surface area contributed by atoms with Gasteiger partial charge in [-0.1, -0.05) is 77.2 Å². The van der Waals surface area contributed by atoms with Gasteiger partial charge in [0.05, 0.1) is 12.4 Å². The summed E-state index contributed by atoms with van der Waals surface area (Å²) in [7, 11) is 0. The van der Waals surface area contributed by atoms with Crippen LogP contribution in [0.3, 0.4) is 0 Å². The number of nitrogens with zero attached hydrogens (tertiary/aromatic N) is 2. The molecule has 4 heteroatoms. The van der Waals surface area contributed by atoms with E-state index in [-0.39, 0.29) is 17.4 Å². The molecule has 0 saturated heterocycles. The van der Waals surface area contributed by atoms with Crippen molar-refractivity contribution in [1.82, 2.24) is 14.9 Å². The van der Waals surface area contributed by atoms with Crippen LogP contribution in [0.1, 0.15) is 93.5 Å². The standard InChI is InChI=1S/C35H51N3O/c1-10-13-30(26(3)4)17-18-31(11-2)37-34(39)24-28(6)15-12-14-27(5)16-19-32-29(7)33(20-21-35(32,8)9)38-23-22-36-25-38/h12-16,19,22-26,30-31,33H,1,11,17-18,20-21H2,2-9H3,(H,37,39)/b15-12+,19-16+,27-14+,28-24+/t30-,31?,33?/m1/s1. The van der Waals surface area contributed by atoms with E-state index in [9.17, 15) is 4.79 Å². The van der Waals surface area contributed by atoms with Crippen molar-refractivity contribution >= 4 is 5.91 Å². The topological polar surface area (TPSA) is 46.9 Å². The number of rotatable bonds is 13. The lowest BCUT2D eigenvalue weighted by Crippen LogP contribution is -2.33. The fourth-order valence-corrected chi connectivity index (χ4v) is 5.40. The van der Waals surface area contributed by atoms with Crippen molar-refractivity contribution in [3.63, 3.8) is 0 Å². The van der Waals surface area contributed by atoms with Crippen LogP contribution in [-0.4, -0.2) is 21.5 Å². The van der Waals surface area contributed by atoms with Crippen molar-refractivity contribution in [2.45, 2.75) is 99.6 Å². The lowest BCUT2D eigenvalue weighted by molar-refractivity contribution is -0.117. The van der Waals surface area contributed by atoms with Gasteiger partial charge in [-0.15, -0.1) is 5.73 Å². The van der Waals surface area contributed by atoms with Crippen LogP contribution in [0.15, 0.2) is 95.9 Å². The average Bonchev–Trinajstić information content (AvgIpc) is 3.39. The Morgan fingerprint density at radius 1 is 1.26 bits per heavy atom. The predicted molar refractivity (Wildman–Crippen MR) is 166 cm³/mol. The normalized spacial score (nSPS) is 20.0. The van der Waals surface area contributed by atoms with Crippen LogP contribution in [0.5, 0.6) is 0 Å². The highest BCUT2D eigenvalue weighted by molar-refractivity contribution is 5.88. The number of allylic oxidation sites excluding steroid dienone is 10. The average molecular weight is 530 g/mol. The molecular formula is C35H51N3O. The summed E-state index contributed by atoms with van der Waals surface area (Å²) in [6, 6.07) is 0.545. The summed E-state index contributed by atoms with van der Waals surface area (Å²) in [6.45, 7) is 21.3. The molecule has 0 aromatic carbocycles. The number of hydrogen-bond donors (Lipinski definition) is 1. The van der Waals surface area contributed by atoms with E-state index in [2.05, 4.69) is 106 Å². The van der Waals surface area contributed by atoms with Gasteiger partial charge in [0.2, 0.25) is 5.91 Å². The van der Waals surface area contributed by atoms with Crippen LogP contribution in [0.2, 0.25) is 0 Å². The van der Waals surface area contributed by atoms with Crippen molar-refractivity contribution in [3.05, 3.63) is 95.9 Å². The highest BCUT2D eigenvalue weighted by Crippen LogP contribution is 2.45. The van der Waals surface area contributed by atoms with Gasteiger partial charge < -0.3 is 9.88 Å². The van der Waals surface area contributed by atoms with Gasteiger partial charge in [0.1, 0.15) is 0 Å². The Bertz CT molecular complexity index is 1130. The predicted octanol–water partition coefficient (Wildman–Crippen LogP) is 8.85. The first-order valence-corrected chi connectivity index (χ1v) is 14.5. The molecule has 4 nitrogen and oxygen atoms in total. The van der Waals surface area contributed by atoms with Gasteiger partial charge in [0.15, 0.2) is 0 Å². The van der Waals surface area contributed by atoms with E-state index in [0.29, 0.717) is 17.9 Å². The number of carbonyl (C=O) groups excluding carboxylic acids is 1. The molecule has 1 aromatic heterocycles. The molecular weight excluding hydrogens is 478 g/mol. The number of amides is 1. The van der Waals surface area contributed by atoms with Gasteiger partial charge >= 0.3 is 0 Å². The molecule has 1 N–H and O–H groups in total. The molecule has 0 spiro atoms. The maximum Gasteiger partial charge on any atom is 0.244 e. The summed E-state index contributed by atoms with van der Waals surface area (Å²) < 4.78 is 2.22. The summed E-state index contributed by atoms with van der Waals surface area (Å²) >= 11 is 0. The molecule has 0 fully saturated rings. The molecule has 1 heterocycles. The summed E-state index contributed by atoms with van der Waals surface area (Å²) in [4.78, 5) is 16.9. The Balaban J connectivity index is 2.00. The fourth-order valence-electron chi connectivity index (χ4n) is 5.40. The minimum Gasteiger partial charge on any atom is -0.350 e. The van der Waals surface area contributed by atoms with Crippen LogP contribution in [-0.2, 0) is 4.79 Å². The first kappa shape index (κ1) is 32.1. The molecule has 1 aliphatic carbocycles. The van der Waals surface area contributed by atoms with E-state index >= 15 is 0 Å². The van der Waals surface area contributed by atoms with E-state index in [1.807, 2.05) is 31.6 Å². The molecule has 0 aliphatic heterocycles. The number of carbonyl (C=O) groups is 1. The van der Waals surface area contributed by atoms with Crippen molar-refractivity contribution in [3.8, 4) is 0 Å². The highest BCUT2D eigenvalue weighted by Gasteiger charge is 2.32. The molecule has 2 unspecified atom stereocenters. The van der Waals surface area contributed by atoms with Crippen molar-refractivity contribution < 1.29 is 4.79 Å². The number of aromatic nitrogens is 2. The van der Waals surface area contributed by atoms with Gasteiger partial charge in [0.25, 0.3) is 0 Å². The van der Waals surface area contributed by atoms with Crippen molar-refractivity contribution in [2.75, 3.05) is 0 Å². The number of imidazole rings is 1. The zero-order chi connectivity index (χ0) is 29.0. The Kier molecular flexibility index (Phi) is 12.7. The summed E-state index contributed by atoms with van der Waals surface area (Å²) in [6.07, 6.45) is 25.4. The Morgan fingerprint density at radius 3 is 2.62 bits per heavy atom. The maximum absolute atomic E-state index is 12.6. The fraction of sp³-hybridized carbons (Fsp3) is 0.514. The summed E-state index contributed by atoms with van der Waals surface area (Å²) in [5, 5.41) is 3.18. The largest absolute Gasteiger partial charge is 0.350 e. The zero-order valence-corrected chi connectivity index (χ0v) is 25.6. The molecule has 1 aliphatic rings. The van der Waals surface area contributed by atoms with Crippen molar-refractivity contribution in [2.24, 2.45) is 17.3 Å². The highest BCUT2D eigenvalue weighted by atomic mass is 16.1. The van der Waals surface area contributed by atoms with Gasteiger partial charge in [-0.05, 0) is 92.9 Å². The second-order valence-electron chi connectivity index (χ2n) is 12.0. The van der Waals surface area contributed by atoms with Gasteiger partial charge in [-0.3, -0.25) is 4.79 Å². The van der Waals surface area contributed by atoms with Crippen LogP contribution in [0.25, 0.3) is 0 Å².